The van der Waals surface area contributed by atoms with Crippen LogP contribution in [0.15, 0.2) is 0 Å². The molecule has 0 aromatic carbocycles. The molecule has 2 atom stereocenters. The van der Waals surface area contributed by atoms with Crippen molar-refractivity contribution in [2.45, 2.75) is 27.2 Å². The molecule has 3 nitrogen and oxygen atoms in total. The molecule has 1 saturated carbocycles. The van der Waals surface area contributed by atoms with Gasteiger partial charge in [0.1, 0.15) is 0 Å². The molecule has 1 aliphatic carbocycles. The van der Waals surface area contributed by atoms with Crippen LogP contribution in [0.1, 0.15) is 27.2 Å². The van der Waals surface area contributed by atoms with Crippen molar-refractivity contribution in [2.75, 3.05) is 13.1 Å². The van der Waals surface area contributed by atoms with Crippen LogP contribution in [0.2, 0.25) is 0 Å². The quantitative estimate of drug-likeness (QED) is 0.662. The summed E-state index contributed by atoms with van der Waals surface area (Å²) in [5.41, 5.74) is 5.66. The first-order valence-electron chi connectivity index (χ1n) is 4.93. The maximum atomic E-state index is 10.7. The van der Waals surface area contributed by atoms with Gasteiger partial charge in [-0.2, -0.15) is 0 Å². The van der Waals surface area contributed by atoms with E-state index in [1.165, 1.54) is 6.42 Å². The molecule has 0 aromatic rings. The third kappa shape index (κ3) is 2.99. The predicted molar refractivity (Wildman–Crippen MR) is 53.1 cm³/mol. The van der Waals surface area contributed by atoms with Crippen molar-refractivity contribution in [2.24, 2.45) is 23.0 Å². The Kier molecular flexibility index (Phi) is 2.96. The molecule has 0 saturated heterocycles. The monoisotopic (exact) mass is 184 g/mol. The van der Waals surface area contributed by atoms with Crippen LogP contribution < -0.4 is 11.1 Å². The molecule has 1 aliphatic rings. The minimum Gasteiger partial charge on any atom is -0.369 e. The van der Waals surface area contributed by atoms with E-state index in [0.29, 0.717) is 12.0 Å². The summed E-state index contributed by atoms with van der Waals surface area (Å²) in [6.07, 6.45) is 1.30. The van der Waals surface area contributed by atoms with Crippen LogP contribution in [0, 0.1) is 17.3 Å². The van der Waals surface area contributed by atoms with Gasteiger partial charge >= 0.3 is 0 Å². The molecule has 0 heterocycles. The van der Waals surface area contributed by atoms with E-state index in [2.05, 4.69) is 19.2 Å². The van der Waals surface area contributed by atoms with E-state index >= 15 is 0 Å². The van der Waals surface area contributed by atoms with Gasteiger partial charge in [-0.3, -0.25) is 4.79 Å². The van der Waals surface area contributed by atoms with Gasteiger partial charge in [-0.1, -0.05) is 20.8 Å². The third-order valence-corrected chi connectivity index (χ3v) is 3.04. The summed E-state index contributed by atoms with van der Waals surface area (Å²) in [5.74, 6) is 0.511. The highest BCUT2D eigenvalue weighted by Crippen LogP contribution is 2.50. The van der Waals surface area contributed by atoms with Crippen molar-refractivity contribution in [1.82, 2.24) is 5.32 Å². The van der Waals surface area contributed by atoms with Crippen LogP contribution in [-0.4, -0.2) is 19.0 Å². The van der Waals surface area contributed by atoms with Gasteiger partial charge in [0, 0.05) is 12.5 Å². The van der Waals surface area contributed by atoms with Crippen LogP contribution in [-0.2, 0) is 4.79 Å². The molecule has 0 aliphatic heterocycles. The molecule has 0 spiro atoms. The van der Waals surface area contributed by atoms with Crippen molar-refractivity contribution < 1.29 is 4.79 Å². The zero-order chi connectivity index (χ0) is 10.1. The van der Waals surface area contributed by atoms with Gasteiger partial charge in [0.2, 0.25) is 5.91 Å². The Labute approximate surface area is 80.1 Å². The Morgan fingerprint density at radius 3 is 2.62 bits per heavy atom. The molecule has 0 radical (unpaired) electrons. The van der Waals surface area contributed by atoms with E-state index < -0.39 is 0 Å². The van der Waals surface area contributed by atoms with E-state index in [9.17, 15) is 4.79 Å². The number of carbonyl (C=O) groups excluding carboxylic acids is 1. The zero-order valence-electron chi connectivity index (χ0n) is 8.76. The first-order valence-corrected chi connectivity index (χ1v) is 4.93. The lowest BCUT2D eigenvalue weighted by atomic mass is 10.1. The van der Waals surface area contributed by atoms with Crippen molar-refractivity contribution in [3.05, 3.63) is 0 Å². The molecule has 3 N–H and O–H groups in total. The van der Waals surface area contributed by atoms with Crippen molar-refractivity contribution in [1.29, 1.82) is 0 Å². The second-order valence-electron chi connectivity index (χ2n) is 4.85. The zero-order valence-corrected chi connectivity index (χ0v) is 8.76. The van der Waals surface area contributed by atoms with E-state index in [1.807, 2.05) is 6.92 Å². The fourth-order valence-electron chi connectivity index (χ4n) is 1.50. The Balaban J connectivity index is 2.06. The number of amides is 1. The molecule has 1 amide bonds. The normalized spacial score (nSPS) is 26.8. The van der Waals surface area contributed by atoms with Crippen LogP contribution >= 0.6 is 0 Å². The second kappa shape index (κ2) is 3.66. The smallest absolute Gasteiger partial charge is 0.221 e. The van der Waals surface area contributed by atoms with Crippen molar-refractivity contribution >= 4 is 5.91 Å². The molecule has 2 unspecified atom stereocenters. The van der Waals surface area contributed by atoms with E-state index in [0.717, 1.165) is 12.5 Å². The van der Waals surface area contributed by atoms with Crippen LogP contribution in [0.4, 0.5) is 0 Å². The average molecular weight is 184 g/mol. The Hall–Kier alpha value is -0.570. The summed E-state index contributed by atoms with van der Waals surface area (Å²) in [7, 11) is 0. The van der Waals surface area contributed by atoms with Gasteiger partial charge in [0.05, 0.1) is 0 Å². The minimum atomic E-state index is -0.220. The van der Waals surface area contributed by atoms with Gasteiger partial charge < -0.3 is 11.1 Å². The molecule has 0 aromatic heterocycles. The lowest BCUT2D eigenvalue weighted by Gasteiger charge is -2.09. The highest BCUT2D eigenvalue weighted by molar-refractivity contribution is 5.76. The first-order chi connectivity index (χ1) is 5.93. The lowest BCUT2D eigenvalue weighted by molar-refractivity contribution is -0.121. The molecular weight excluding hydrogens is 164 g/mol. The fourth-order valence-corrected chi connectivity index (χ4v) is 1.50. The number of hydrogen-bond donors (Lipinski definition) is 2. The Morgan fingerprint density at radius 2 is 2.23 bits per heavy atom. The van der Waals surface area contributed by atoms with Gasteiger partial charge in [0.25, 0.3) is 0 Å². The van der Waals surface area contributed by atoms with Crippen LogP contribution in [0.25, 0.3) is 0 Å². The Bertz CT molecular complexity index is 201. The topological polar surface area (TPSA) is 55.1 Å². The highest BCUT2D eigenvalue weighted by Gasteiger charge is 2.44. The van der Waals surface area contributed by atoms with Gasteiger partial charge in [-0.05, 0) is 24.3 Å². The number of carbonyl (C=O) groups is 1. The van der Waals surface area contributed by atoms with Crippen molar-refractivity contribution in [3.8, 4) is 0 Å². The number of primary amides is 1. The van der Waals surface area contributed by atoms with E-state index in [4.69, 9.17) is 5.73 Å². The number of nitrogens with one attached hydrogen (secondary N) is 1. The summed E-state index contributed by atoms with van der Waals surface area (Å²) in [6.45, 7) is 8.13. The molecule has 1 fully saturated rings. The average Bonchev–Trinajstić information content (AvgIpc) is 2.58. The molecule has 0 bridgehead atoms. The molecular formula is C10H20N2O. The Morgan fingerprint density at radius 1 is 1.69 bits per heavy atom. The third-order valence-electron chi connectivity index (χ3n) is 3.04. The molecule has 3 heteroatoms. The predicted octanol–water partition coefficient (Wildman–Crippen LogP) is 0.743. The van der Waals surface area contributed by atoms with Gasteiger partial charge in [0.15, 0.2) is 0 Å². The summed E-state index contributed by atoms with van der Waals surface area (Å²) < 4.78 is 0. The van der Waals surface area contributed by atoms with Crippen LogP contribution in [0.5, 0.6) is 0 Å². The molecule has 1 rings (SSSR count). The maximum absolute atomic E-state index is 10.7. The van der Waals surface area contributed by atoms with Crippen LogP contribution in [0.3, 0.4) is 0 Å². The first kappa shape index (κ1) is 10.5. The summed E-state index contributed by atoms with van der Waals surface area (Å²) >= 11 is 0. The summed E-state index contributed by atoms with van der Waals surface area (Å²) in [6, 6.07) is 0. The van der Waals surface area contributed by atoms with E-state index in [1.54, 1.807) is 0 Å². The largest absolute Gasteiger partial charge is 0.369 e. The minimum absolute atomic E-state index is 0.0538. The van der Waals surface area contributed by atoms with Crippen molar-refractivity contribution in [3.63, 3.8) is 0 Å². The standard InChI is InChI=1S/C10H20N2O/c1-7(9(11)13)5-12-6-8-4-10(8,2)3/h7-8,12H,4-6H2,1-3H3,(H2,11,13). The summed E-state index contributed by atoms with van der Waals surface area (Å²) in [5, 5.41) is 3.28. The maximum Gasteiger partial charge on any atom is 0.221 e. The van der Waals surface area contributed by atoms with Gasteiger partial charge in [-0.15, -0.1) is 0 Å². The SMILES string of the molecule is CC(CNCC1CC1(C)C)C(N)=O. The molecule has 13 heavy (non-hydrogen) atoms. The fraction of sp³-hybridized carbons (Fsp3) is 0.900. The summed E-state index contributed by atoms with van der Waals surface area (Å²) in [4.78, 5) is 10.7. The highest BCUT2D eigenvalue weighted by atomic mass is 16.1. The van der Waals surface area contributed by atoms with E-state index in [-0.39, 0.29) is 11.8 Å². The number of hydrogen-bond acceptors (Lipinski definition) is 2. The lowest BCUT2D eigenvalue weighted by Crippen LogP contribution is -2.32. The van der Waals surface area contributed by atoms with Gasteiger partial charge in [-0.25, -0.2) is 0 Å². The number of nitrogens with two attached hydrogens (primary N) is 1. The second-order valence-corrected chi connectivity index (χ2v) is 4.85. The molecule has 76 valence electrons. The number of rotatable bonds is 5.